The van der Waals surface area contributed by atoms with E-state index in [4.69, 9.17) is 23.6 Å². The topological polar surface area (TPSA) is 214 Å². The van der Waals surface area contributed by atoms with Crippen LogP contribution in [0.2, 0.25) is 0 Å². The van der Waals surface area contributed by atoms with Crippen LogP contribution >= 0.6 is 0 Å². The molecule has 2 aliphatic rings. The highest BCUT2D eigenvalue weighted by Crippen LogP contribution is 2.36. The van der Waals surface area contributed by atoms with Gasteiger partial charge in [0, 0.05) is 25.8 Å². The van der Waals surface area contributed by atoms with Crippen LogP contribution in [0.5, 0.6) is 0 Å². The van der Waals surface area contributed by atoms with E-state index >= 15 is 0 Å². The zero-order valence-corrected chi connectivity index (χ0v) is 36.2. The van der Waals surface area contributed by atoms with Crippen LogP contribution in [0.25, 0.3) is 55.4 Å². The average Bonchev–Trinajstić information content (AvgIpc) is 4.15. The number of likely N-dealkylation sites (tertiary alicyclic amines) is 2. The zero-order chi connectivity index (χ0) is 44.5. The van der Waals surface area contributed by atoms with Crippen LogP contribution in [-0.2, 0) is 23.8 Å². The van der Waals surface area contributed by atoms with Crippen LogP contribution in [0.15, 0.2) is 70.0 Å². The fourth-order valence-corrected chi connectivity index (χ4v) is 8.78. The van der Waals surface area contributed by atoms with Gasteiger partial charge in [0.1, 0.15) is 34.9 Å². The van der Waals surface area contributed by atoms with Crippen molar-refractivity contribution in [2.75, 3.05) is 34.4 Å². The molecule has 6 aromatic rings. The van der Waals surface area contributed by atoms with Crippen molar-refractivity contribution in [3.63, 3.8) is 0 Å². The number of rotatable bonds is 12. The van der Waals surface area contributed by atoms with Gasteiger partial charge in [-0.05, 0) is 92.1 Å². The van der Waals surface area contributed by atoms with Gasteiger partial charge in [0.25, 0.3) is 0 Å². The van der Waals surface area contributed by atoms with Crippen molar-refractivity contribution in [3.8, 4) is 22.4 Å². The molecule has 5 heterocycles. The van der Waals surface area contributed by atoms with Gasteiger partial charge >= 0.3 is 12.2 Å². The molecule has 0 saturated carbocycles. The van der Waals surface area contributed by atoms with Crippen LogP contribution < -0.4 is 16.1 Å². The van der Waals surface area contributed by atoms with Crippen molar-refractivity contribution in [3.05, 3.63) is 82.7 Å². The third kappa shape index (κ3) is 8.32. The number of alkyl carbamates (subject to hydrolysis) is 2. The maximum absolute atomic E-state index is 14.0. The van der Waals surface area contributed by atoms with Gasteiger partial charge in [0.05, 0.1) is 66.1 Å². The minimum Gasteiger partial charge on any atom is -0.456 e. The van der Waals surface area contributed by atoms with Crippen molar-refractivity contribution in [2.24, 2.45) is 5.92 Å². The van der Waals surface area contributed by atoms with Gasteiger partial charge in [-0.2, -0.15) is 0 Å². The standard InChI is InChI=1S/C46H52N8O9/c1-7-24(2)38(51-45(58)61-5)43(56)53-18-8-10-34(53)41-47-23-33(50-41)28-14-17-36-30(20-28)40(55)29-15-12-27(22-37(29)63-36)26-13-16-31-32(21-26)49-42(48-31)35-11-9-19-54(35)44(57)39(25(3)60-4)52-46(59)62-6/h12-17,20-25,34-35,38-39H,7-11,18-19H2,1-6H3,(H,47,50)(H,48,49)(H,51,58)(H,52,59)/t24-,25+,34-,35-,38-,39-/m0/s1. The van der Waals surface area contributed by atoms with Crippen LogP contribution in [-0.4, -0.2) is 106 Å². The number of aromatic nitrogens is 4. The number of nitrogens with zero attached hydrogens (tertiary/aromatic N) is 4. The Labute approximate surface area is 362 Å². The number of carbonyl (C=O) groups excluding carboxylic acids is 4. The lowest BCUT2D eigenvalue weighted by molar-refractivity contribution is -0.137. The van der Waals surface area contributed by atoms with Gasteiger partial charge in [-0.3, -0.25) is 14.4 Å². The van der Waals surface area contributed by atoms with E-state index in [2.05, 4.69) is 25.6 Å². The molecule has 17 nitrogen and oxygen atoms in total. The van der Waals surface area contributed by atoms with Gasteiger partial charge in [-0.25, -0.2) is 19.6 Å². The number of imidazole rings is 2. The van der Waals surface area contributed by atoms with Crippen molar-refractivity contribution >= 4 is 57.0 Å². The normalized spacial score (nSPS) is 18.4. The Morgan fingerprint density at radius 1 is 0.778 bits per heavy atom. The van der Waals surface area contributed by atoms with Crippen molar-refractivity contribution in [1.82, 2.24) is 40.4 Å². The second kappa shape index (κ2) is 17.9. The van der Waals surface area contributed by atoms with E-state index in [0.717, 1.165) is 40.6 Å². The fourth-order valence-electron chi connectivity index (χ4n) is 8.78. The molecule has 8 rings (SSSR count). The molecule has 330 valence electrons. The summed E-state index contributed by atoms with van der Waals surface area (Å²) in [4.78, 5) is 85.6. The molecule has 2 aliphatic heterocycles. The molecule has 0 bridgehead atoms. The first kappa shape index (κ1) is 42.9. The number of nitrogens with one attached hydrogen (secondary N) is 4. The van der Waals surface area contributed by atoms with E-state index in [9.17, 15) is 24.0 Å². The molecule has 3 aromatic heterocycles. The highest BCUT2D eigenvalue weighted by atomic mass is 16.5. The number of hydrogen-bond donors (Lipinski definition) is 4. The van der Waals surface area contributed by atoms with Gasteiger partial charge in [-0.1, -0.05) is 32.4 Å². The second-order valence-corrected chi connectivity index (χ2v) is 16.3. The molecule has 0 spiro atoms. The second-order valence-electron chi connectivity index (χ2n) is 16.3. The highest BCUT2D eigenvalue weighted by Gasteiger charge is 2.40. The van der Waals surface area contributed by atoms with Crippen molar-refractivity contribution in [1.29, 1.82) is 0 Å². The minimum atomic E-state index is -0.933. The molecule has 2 fully saturated rings. The van der Waals surface area contributed by atoms with E-state index in [1.165, 1.54) is 21.3 Å². The summed E-state index contributed by atoms with van der Waals surface area (Å²) >= 11 is 0. The first-order valence-electron chi connectivity index (χ1n) is 21.3. The molecule has 2 saturated heterocycles. The average molecular weight is 861 g/mol. The fraction of sp³-hybridized carbons (Fsp3) is 0.413. The molecule has 0 radical (unpaired) electrons. The number of carbonyl (C=O) groups is 4. The number of aromatic amines is 2. The molecule has 3 aromatic carbocycles. The molecular formula is C46H52N8O9. The van der Waals surface area contributed by atoms with E-state index in [-0.39, 0.29) is 35.2 Å². The van der Waals surface area contributed by atoms with Gasteiger partial charge in [-0.15, -0.1) is 0 Å². The third-order valence-corrected chi connectivity index (χ3v) is 12.6. The SMILES string of the molecule is CC[C@H](C)[C@H](NC(=O)OC)C(=O)N1CCC[C@H]1c1ncc(-c2ccc3oc4cc(-c5ccc6nc([C@@H]7CCCN7C(=O)[C@@H](NC(=O)OC)[C@@H](C)OC)[nH]c6c5)ccc4c(=O)c3c2)[nH]1. The van der Waals surface area contributed by atoms with Gasteiger partial charge < -0.3 is 49.0 Å². The molecule has 0 unspecified atom stereocenters. The summed E-state index contributed by atoms with van der Waals surface area (Å²) in [5.74, 6) is 0.723. The van der Waals surface area contributed by atoms with Crippen LogP contribution in [0, 0.1) is 5.92 Å². The molecule has 17 heteroatoms. The predicted octanol–water partition coefficient (Wildman–Crippen LogP) is 6.74. The van der Waals surface area contributed by atoms with Crippen LogP contribution in [0.4, 0.5) is 9.59 Å². The van der Waals surface area contributed by atoms with Crippen molar-refractivity contribution in [2.45, 2.75) is 83.1 Å². The van der Waals surface area contributed by atoms with E-state index in [1.54, 1.807) is 41.1 Å². The monoisotopic (exact) mass is 860 g/mol. The lowest BCUT2D eigenvalue weighted by atomic mass is 9.97. The zero-order valence-electron chi connectivity index (χ0n) is 36.2. The molecule has 0 aliphatic carbocycles. The molecular weight excluding hydrogens is 809 g/mol. The lowest BCUT2D eigenvalue weighted by Crippen LogP contribution is -2.54. The summed E-state index contributed by atoms with van der Waals surface area (Å²) in [7, 11) is 4.01. The molecule has 63 heavy (non-hydrogen) atoms. The van der Waals surface area contributed by atoms with Crippen LogP contribution in [0.3, 0.4) is 0 Å². The first-order chi connectivity index (χ1) is 30.4. The Morgan fingerprint density at radius 3 is 2.10 bits per heavy atom. The van der Waals surface area contributed by atoms with Crippen molar-refractivity contribution < 1.29 is 37.8 Å². The van der Waals surface area contributed by atoms with E-state index in [1.807, 2.05) is 50.2 Å². The Morgan fingerprint density at radius 2 is 1.41 bits per heavy atom. The lowest BCUT2D eigenvalue weighted by Gasteiger charge is -2.30. The molecule has 4 N–H and O–H groups in total. The number of H-pyrrole nitrogens is 2. The first-order valence-corrected chi connectivity index (χ1v) is 21.3. The Hall–Kier alpha value is -6.75. The maximum Gasteiger partial charge on any atom is 0.407 e. The Bertz CT molecular complexity index is 2760. The summed E-state index contributed by atoms with van der Waals surface area (Å²) in [6.07, 6.45) is 3.44. The van der Waals surface area contributed by atoms with Gasteiger partial charge in [0.15, 0.2) is 0 Å². The smallest absolute Gasteiger partial charge is 0.407 e. The number of benzene rings is 3. The Kier molecular flexibility index (Phi) is 12.2. The summed E-state index contributed by atoms with van der Waals surface area (Å²) in [6, 6.07) is 14.5. The molecule has 6 atom stereocenters. The predicted molar refractivity (Wildman–Crippen MR) is 235 cm³/mol. The maximum atomic E-state index is 14.0. The summed E-state index contributed by atoms with van der Waals surface area (Å²) in [6.45, 7) is 6.67. The number of amides is 4. The highest BCUT2D eigenvalue weighted by molar-refractivity contribution is 5.94. The summed E-state index contributed by atoms with van der Waals surface area (Å²) < 4.78 is 21.3. The summed E-state index contributed by atoms with van der Waals surface area (Å²) in [5, 5.41) is 6.20. The van der Waals surface area contributed by atoms with Crippen LogP contribution in [0.1, 0.15) is 76.6 Å². The third-order valence-electron chi connectivity index (χ3n) is 12.6. The summed E-state index contributed by atoms with van der Waals surface area (Å²) in [5.41, 5.74) is 5.36. The van der Waals surface area contributed by atoms with E-state index in [0.29, 0.717) is 71.6 Å². The largest absolute Gasteiger partial charge is 0.456 e. The quantitative estimate of drug-likeness (QED) is 0.0946. The number of fused-ring (bicyclic) bond motifs is 3. The Balaban J connectivity index is 1.02. The number of ether oxygens (including phenoxy) is 3. The minimum absolute atomic E-state index is 0.0997. The van der Waals surface area contributed by atoms with Gasteiger partial charge in [0.2, 0.25) is 17.2 Å². The number of methoxy groups -OCH3 is 3. The van der Waals surface area contributed by atoms with E-state index < -0.39 is 30.4 Å². The molecule has 4 amide bonds. The number of hydrogen-bond acceptors (Lipinski definition) is 11.